The molecule has 0 aliphatic rings. The van der Waals surface area contributed by atoms with Crippen LogP contribution in [-0.2, 0) is 16.0 Å². The summed E-state index contributed by atoms with van der Waals surface area (Å²) in [6, 6.07) is 5.55. The molecular formula is C20H25NO6. The summed E-state index contributed by atoms with van der Waals surface area (Å²) < 4.78 is 10.8. The standard InChI is InChI=1S/C20H25NO6/c1-4-6-7-16(20(24)25)21-19(23)12(3)26-14-8-9-15-13(5-2)10-18(22)27-17(15)11-14/h8-12,16H,4-7H2,1-3H3,(H,21,23)(H,24,25). The molecule has 0 saturated carbocycles. The molecule has 0 spiro atoms. The number of benzene rings is 1. The molecule has 1 heterocycles. The van der Waals surface area contributed by atoms with E-state index in [9.17, 15) is 19.5 Å². The number of carbonyl (C=O) groups is 2. The van der Waals surface area contributed by atoms with E-state index >= 15 is 0 Å². The number of rotatable bonds is 9. The highest BCUT2D eigenvalue weighted by atomic mass is 16.5. The van der Waals surface area contributed by atoms with Crippen molar-refractivity contribution in [1.29, 1.82) is 0 Å². The number of aryl methyl sites for hydroxylation is 1. The Balaban J connectivity index is 2.12. The third-order valence-electron chi connectivity index (χ3n) is 4.33. The smallest absolute Gasteiger partial charge is 0.336 e. The Morgan fingerprint density at radius 1 is 1.26 bits per heavy atom. The van der Waals surface area contributed by atoms with Crippen LogP contribution in [0.5, 0.6) is 5.75 Å². The molecule has 1 amide bonds. The molecule has 1 aromatic heterocycles. The number of nitrogens with one attached hydrogen (secondary N) is 1. The quantitative estimate of drug-likeness (QED) is 0.653. The topological polar surface area (TPSA) is 106 Å². The first-order chi connectivity index (χ1) is 12.8. The van der Waals surface area contributed by atoms with Gasteiger partial charge in [0, 0.05) is 17.5 Å². The number of hydrogen-bond acceptors (Lipinski definition) is 5. The molecule has 0 aliphatic carbocycles. The molecule has 2 atom stereocenters. The SMILES string of the molecule is CCCCC(NC(=O)C(C)Oc1ccc2c(CC)cc(=O)oc2c1)C(=O)O. The number of ether oxygens (including phenoxy) is 1. The third kappa shape index (κ3) is 5.32. The fourth-order valence-electron chi connectivity index (χ4n) is 2.79. The Kier molecular flexibility index (Phi) is 6.98. The first-order valence-corrected chi connectivity index (χ1v) is 9.12. The van der Waals surface area contributed by atoms with Gasteiger partial charge in [0.15, 0.2) is 6.10 Å². The van der Waals surface area contributed by atoms with Gasteiger partial charge in [-0.25, -0.2) is 9.59 Å². The number of carboxylic acid groups (broad SMARTS) is 1. The van der Waals surface area contributed by atoms with Gasteiger partial charge in [0.25, 0.3) is 5.91 Å². The lowest BCUT2D eigenvalue weighted by Crippen LogP contribution is -2.46. The molecule has 27 heavy (non-hydrogen) atoms. The molecule has 2 unspecified atom stereocenters. The van der Waals surface area contributed by atoms with Crippen molar-refractivity contribution in [3.63, 3.8) is 0 Å². The summed E-state index contributed by atoms with van der Waals surface area (Å²) >= 11 is 0. The minimum absolute atomic E-state index is 0.363. The van der Waals surface area contributed by atoms with Gasteiger partial charge < -0.3 is 19.6 Å². The first kappa shape index (κ1) is 20.5. The van der Waals surface area contributed by atoms with Crippen molar-refractivity contribution in [3.8, 4) is 5.75 Å². The van der Waals surface area contributed by atoms with E-state index in [0.29, 0.717) is 30.6 Å². The summed E-state index contributed by atoms with van der Waals surface area (Å²) in [5, 5.41) is 12.5. The Morgan fingerprint density at radius 3 is 2.63 bits per heavy atom. The lowest BCUT2D eigenvalue weighted by atomic mass is 10.1. The van der Waals surface area contributed by atoms with Crippen molar-refractivity contribution in [3.05, 3.63) is 40.2 Å². The summed E-state index contributed by atoms with van der Waals surface area (Å²) in [6.45, 7) is 5.44. The number of fused-ring (bicyclic) bond motifs is 1. The zero-order valence-corrected chi connectivity index (χ0v) is 15.8. The maximum absolute atomic E-state index is 12.3. The molecule has 7 nitrogen and oxygen atoms in total. The molecule has 2 N–H and O–H groups in total. The molecular weight excluding hydrogens is 350 g/mol. The van der Waals surface area contributed by atoms with Crippen LogP contribution in [0.3, 0.4) is 0 Å². The summed E-state index contributed by atoms with van der Waals surface area (Å²) in [4.78, 5) is 35.2. The molecule has 0 aliphatic heterocycles. The Labute approximate surface area is 157 Å². The van der Waals surface area contributed by atoms with E-state index < -0.39 is 29.6 Å². The van der Waals surface area contributed by atoms with Gasteiger partial charge >= 0.3 is 11.6 Å². The van der Waals surface area contributed by atoms with E-state index in [1.54, 1.807) is 18.2 Å². The second-order valence-corrected chi connectivity index (χ2v) is 6.40. The van der Waals surface area contributed by atoms with Gasteiger partial charge in [-0.15, -0.1) is 0 Å². The molecule has 7 heteroatoms. The molecule has 0 saturated heterocycles. The van der Waals surface area contributed by atoms with Crippen LogP contribution in [0.4, 0.5) is 0 Å². The Morgan fingerprint density at radius 2 is 2.00 bits per heavy atom. The van der Waals surface area contributed by atoms with Gasteiger partial charge in [0.2, 0.25) is 0 Å². The Hall–Kier alpha value is -2.83. The van der Waals surface area contributed by atoms with Crippen LogP contribution in [0.1, 0.15) is 45.6 Å². The monoisotopic (exact) mass is 375 g/mol. The molecule has 0 bridgehead atoms. The van der Waals surface area contributed by atoms with E-state index in [1.165, 1.54) is 13.0 Å². The largest absolute Gasteiger partial charge is 0.481 e. The normalized spacial score (nSPS) is 13.1. The fraction of sp³-hybridized carbons (Fsp3) is 0.450. The van der Waals surface area contributed by atoms with Crippen molar-refractivity contribution >= 4 is 22.8 Å². The van der Waals surface area contributed by atoms with Crippen LogP contribution in [0.2, 0.25) is 0 Å². The fourth-order valence-corrected chi connectivity index (χ4v) is 2.79. The second kappa shape index (κ2) is 9.21. The van der Waals surface area contributed by atoms with Gasteiger partial charge in [0.05, 0.1) is 0 Å². The minimum atomic E-state index is -1.07. The molecule has 2 aromatic rings. The Bertz CT molecular complexity index is 872. The molecule has 1 aromatic carbocycles. The number of amides is 1. The zero-order chi connectivity index (χ0) is 20.0. The summed E-state index contributed by atoms with van der Waals surface area (Å²) in [6.07, 6.45) is 1.71. The summed E-state index contributed by atoms with van der Waals surface area (Å²) in [5.74, 6) is -1.21. The highest BCUT2D eigenvalue weighted by Gasteiger charge is 2.23. The number of carboxylic acids is 1. The van der Waals surface area contributed by atoms with Crippen molar-refractivity contribution in [1.82, 2.24) is 5.32 Å². The highest BCUT2D eigenvalue weighted by molar-refractivity contribution is 5.86. The van der Waals surface area contributed by atoms with Crippen LogP contribution in [0.25, 0.3) is 11.0 Å². The first-order valence-electron chi connectivity index (χ1n) is 9.12. The van der Waals surface area contributed by atoms with Gasteiger partial charge in [-0.3, -0.25) is 4.79 Å². The second-order valence-electron chi connectivity index (χ2n) is 6.40. The van der Waals surface area contributed by atoms with Crippen molar-refractivity contribution in [2.24, 2.45) is 0 Å². The van der Waals surface area contributed by atoms with Gasteiger partial charge in [-0.2, -0.15) is 0 Å². The van der Waals surface area contributed by atoms with Crippen LogP contribution in [0.15, 0.2) is 33.5 Å². The lowest BCUT2D eigenvalue weighted by Gasteiger charge is -2.19. The number of unbranched alkanes of at least 4 members (excludes halogenated alkanes) is 1. The van der Waals surface area contributed by atoms with Crippen molar-refractivity contribution in [2.75, 3.05) is 0 Å². The van der Waals surface area contributed by atoms with Crippen molar-refractivity contribution < 1.29 is 23.8 Å². The molecule has 146 valence electrons. The van der Waals surface area contributed by atoms with E-state index in [-0.39, 0.29) is 0 Å². The third-order valence-corrected chi connectivity index (χ3v) is 4.33. The summed E-state index contributed by atoms with van der Waals surface area (Å²) in [5.41, 5.74) is 0.817. The average Bonchev–Trinajstić information content (AvgIpc) is 2.63. The van der Waals surface area contributed by atoms with Gasteiger partial charge in [-0.05, 0) is 37.5 Å². The zero-order valence-electron chi connectivity index (χ0n) is 15.8. The predicted octanol–water partition coefficient (Wildman–Crippen LogP) is 2.88. The lowest BCUT2D eigenvalue weighted by molar-refractivity contribution is -0.143. The molecule has 0 radical (unpaired) electrons. The van der Waals surface area contributed by atoms with E-state index in [1.807, 2.05) is 13.8 Å². The molecule has 0 fully saturated rings. The van der Waals surface area contributed by atoms with Crippen LogP contribution in [0, 0.1) is 0 Å². The van der Waals surface area contributed by atoms with Crippen LogP contribution in [-0.4, -0.2) is 29.1 Å². The van der Waals surface area contributed by atoms with E-state index in [4.69, 9.17) is 9.15 Å². The van der Waals surface area contributed by atoms with E-state index in [2.05, 4.69) is 5.32 Å². The van der Waals surface area contributed by atoms with Gasteiger partial charge in [0.1, 0.15) is 17.4 Å². The van der Waals surface area contributed by atoms with Gasteiger partial charge in [-0.1, -0.05) is 26.7 Å². The predicted molar refractivity (Wildman–Crippen MR) is 101 cm³/mol. The average molecular weight is 375 g/mol. The maximum Gasteiger partial charge on any atom is 0.336 e. The van der Waals surface area contributed by atoms with E-state index in [0.717, 1.165) is 17.4 Å². The number of carbonyl (C=O) groups excluding carboxylic acids is 1. The number of hydrogen-bond donors (Lipinski definition) is 2. The number of aliphatic carboxylic acids is 1. The highest BCUT2D eigenvalue weighted by Crippen LogP contribution is 2.23. The van der Waals surface area contributed by atoms with Crippen LogP contribution < -0.4 is 15.7 Å². The van der Waals surface area contributed by atoms with Crippen molar-refractivity contribution in [2.45, 2.75) is 58.6 Å². The molecule has 2 rings (SSSR count). The minimum Gasteiger partial charge on any atom is -0.481 e. The summed E-state index contributed by atoms with van der Waals surface area (Å²) in [7, 11) is 0. The van der Waals surface area contributed by atoms with Crippen LogP contribution >= 0.6 is 0 Å². The maximum atomic E-state index is 12.3.